The minimum absolute atomic E-state index is 0. The molecule has 0 aliphatic carbocycles. The van der Waals surface area contributed by atoms with Gasteiger partial charge in [-0.2, -0.15) is 0 Å². The van der Waals surface area contributed by atoms with Crippen LogP contribution in [-0.4, -0.2) is 91.8 Å². The molecular formula is C44H51BrN6O8. The van der Waals surface area contributed by atoms with Crippen LogP contribution in [0.3, 0.4) is 0 Å². The maximum atomic E-state index is 12.1. The predicted octanol–water partition coefficient (Wildman–Crippen LogP) is 6.04. The average molecular weight is 872 g/mol. The fraction of sp³-hybridized carbons (Fsp3) is 0.295. The predicted molar refractivity (Wildman–Crippen MR) is 232 cm³/mol. The Morgan fingerprint density at radius 3 is 1.88 bits per heavy atom. The first-order valence-corrected chi connectivity index (χ1v) is 19.1. The number of anilines is 1. The van der Waals surface area contributed by atoms with E-state index >= 15 is 0 Å². The summed E-state index contributed by atoms with van der Waals surface area (Å²) in [5.41, 5.74) is 9.12. The quantitative estimate of drug-likeness (QED) is 0.0435. The molecule has 0 radical (unpaired) electrons. The number of nitrogens with one attached hydrogen (secondary N) is 2. The van der Waals surface area contributed by atoms with Crippen LogP contribution in [0, 0.1) is 5.41 Å². The maximum absolute atomic E-state index is 12.1. The second kappa shape index (κ2) is 24.7. The molecule has 1 aromatic heterocycles. The van der Waals surface area contributed by atoms with E-state index < -0.39 is 5.97 Å². The van der Waals surface area contributed by atoms with Gasteiger partial charge in [0.05, 0.1) is 38.7 Å². The summed E-state index contributed by atoms with van der Waals surface area (Å²) in [7, 11) is 0. The third-order valence-corrected chi connectivity index (χ3v) is 8.78. The lowest BCUT2D eigenvalue weighted by atomic mass is 10.1. The van der Waals surface area contributed by atoms with Gasteiger partial charge in [0.1, 0.15) is 31.1 Å². The van der Waals surface area contributed by atoms with Gasteiger partial charge in [-0.25, -0.2) is 4.98 Å². The zero-order valence-electron chi connectivity index (χ0n) is 33.0. The van der Waals surface area contributed by atoms with E-state index in [0.717, 1.165) is 35.5 Å². The number of hydrogen-bond acceptors (Lipinski definition) is 11. The van der Waals surface area contributed by atoms with E-state index in [-0.39, 0.29) is 47.3 Å². The number of hydrogen-bond donors (Lipinski definition) is 3. The van der Waals surface area contributed by atoms with Crippen molar-refractivity contribution in [3.8, 4) is 22.8 Å². The monoisotopic (exact) mass is 870 g/mol. The molecular weight excluding hydrogens is 820 g/mol. The van der Waals surface area contributed by atoms with Crippen LogP contribution in [0.2, 0.25) is 0 Å². The molecule has 0 amide bonds. The number of halogens is 1. The van der Waals surface area contributed by atoms with E-state index in [0.29, 0.717) is 75.7 Å². The summed E-state index contributed by atoms with van der Waals surface area (Å²) in [5, 5.41) is 7.04. The Morgan fingerprint density at radius 1 is 0.763 bits per heavy atom. The third-order valence-electron chi connectivity index (χ3n) is 8.78. The topological polar surface area (TPSA) is 182 Å². The third kappa shape index (κ3) is 15.7. The fourth-order valence-corrected chi connectivity index (χ4v) is 5.75. The first-order valence-electron chi connectivity index (χ1n) is 19.1. The van der Waals surface area contributed by atoms with Crippen LogP contribution >= 0.6 is 17.0 Å². The van der Waals surface area contributed by atoms with Crippen LogP contribution in [-0.2, 0) is 32.2 Å². The van der Waals surface area contributed by atoms with Crippen molar-refractivity contribution in [2.45, 2.75) is 26.6 Å². The molecule has 2 saturated heterocycles. The van der Waals surface area contributed by atoms with Crippen LogP contribution < -0.4 is 25.7 Å². The van der Waals surface area contributed by atoms with Gasteiger partial charge in [0, 0.05) is 43.4 Å². The largest absolute Gasteiger partial charge is 0.489 e. The Morgan fingerprint density at radius 2 is 1.32 bits per heavy atom. The fourth-order valence-electron chi connectivity index (χ4n) is 5.75. The first-order chi connectivity index (χ1) is 28.3. The van der Waals surface area contributed by atoms with Crippen LogP contribution in [0.1, 0.15) is 34.8 Å². The summed E-state index contributed by atoms with van der Waals surface area (Å²) in [4.78, 5) is 46.8. The number of benzene rings is 4. The molecule has 15 heteroatoms. The molecule has 312 valence electrons. The zero-order chi connectivity index (χ0) is 41.0. The molecule has 0 bridgehead atoms. The molecule has 0 atom stereocenters. The second-order valence-electron chi connectivity index (χ2n) is 13.0. The summed E-state index contributed by atoms with van der Waals surface area (Å²) in [6.07, 6.45) is -0.254. The van der Waals surface area contributed by atoms with Crippen molar-refractivity contribution in [3.05, 3.63) is 142 Å². The summed E-state index contributed by atoms with van der Waals surface area (Å²) in [6.45, 7) is 8.51. The van der Waals surface area contributed by atoms with Gasteiger partial charge in [0.2, 0.25) is 5.95 Å². The van der Waals surface area contributed by atoms with Crippen molar-refractivity contribution in [2.75, 3.05) is 64.1 Å². The van der Waals surface area contributed by atoms with Crippen LogP contribution in [0.4, 0.5) is 5.95 Å². The molecule has 0 saturated carbocycles. The summed E-state index contributed by atoms with van der Waals surface area (Å²) in [5.74, 6) is 1.28. The number of aromatic nitrogens is 2. The van der Waals surface area contributed by atoms with Gasteiger partial charge in [-0.3, -0.25) is 24.8 Å². The van der Waals surface area contributed by atoms with E-state index in [2.05, 4.69) is 9.97 Å². The summed E-state index contributed by atoms with van der Waals surface area (Å²) < 4.78 is 26.8. The Balaban J connectivity index is 0.000000216. The molecule has 2 aliphatic heterocycles. The normalized spacial score (nSPS) is 13.2. The number of guanidine groups is 1. The number of nitrogens with zero attached hydrogens (tertiary/aromatic N) is 3. The minimum Gasteiger partial charge on any atom is -0.489 e. The highest BCUT2D eigenvalue weighted by Crippen LogP contribution is 2.24. The van der Waals surface area contributed by atoms with E-state index in [1.807, 2.05) is 89.8 Å². The average Bonchev–Trinajstić information content (AvgIpc) is 3.27. The first kappa shape index (κ1) is 45.7. The van der Waals surface area contributed by atoms with Gasteiger partial charge in [0.25, 0.3) is 5.56 Å². The molecule has 59 heavy (non-hydrogen) atoms. The van der Waals surface area contributed by atoms with Gasteiger partial charge in [-0.05, 0) is 42.3 Å². The molecule has 4 aromatic carbocycles. The number of nitrogens with two attached hydrogens (primary N) is 1. The molecule has 14 nitrogen and oxygen atoms in total. The number of morpholine rings is 2. The molecule has 3 heterocycles. The number of ether oxygens (including phenoxy) is 5. The minimum atomic E-state index is -0.511. The zero-order valence-corrected chi connectivity index (χ0v) is 34.8. The van der Waals surface area contributed by atoms with Crippen LogP contribution in [0.5, 0.6) is 11.5 Å². The van der Waals surface area contributed by atoms with Gasteiger partial charge in [0.15, 0.2) is 11.7 Å². The second-order valence-corrected chi connectivity index (χ2v) is 13.0. The Kier molecular flexibility index (Phi) is 19.1. The number of H-pyrrole nitrogens is 1. The number of carbonyl (C=O) groups excluding carboxylic acids is 2. The SMILES string of the molecule is Br.CCOC(=O)CC(=O)c1cccc(OCc2ccccc2)c1.N=C(N)N1CCOCC1.O=c1cc(-c2cccc(OCc3ccccc3)c2)nc(N2CCOCC2)[nH]1. The number of carbonyl (C=O) groups is 2. The van der Waals surface area contributed by atoms with E-state index in [1.54, 1.807) is 36.1 Å². The highest BCUT2D eigenvalue weighted by atomic mass is 79.9. The summed E-state index contributed by atoms with van der Waals surface area (Å²) >= 11 is 0. The molecule has 5 aromatic rings. The van der Waals surface area contributed by atoms with Crippen molar-refractivity contribution in [1.82, 2.24) is 14.9 Å². The lowest BCUT2D eigenvalue weighted by molar-refractivity contribution is -0.141. The lowest BCUT2D eigenvalue weighted by Crippen LogP contribution is -2.44. The molecule has 0 spiro atoms. The van der Waals surface area contributed by atoms with Crippen LogP contribution in [0.25, 0.3) is 11.3 Å². The van der Waals surface area contributed by atoms with Crippen LogP contribution in [0.15, 0.2) is 120 Å². The molecule has 0 unspecified atom stereocenters. The van der Waals surface area contributed by atoms with E-state index in [4.69, 9.17) is 34.8 Å². The van der Waals surface area contributed by atoms with Crippen molar-refractivity contribution in [3.63, 3.8) is 0 Å². The lowest BCUT2D eigenvalue weighted by Gasteiger charge is -2.27. The Bertz CT molecular complexity index is 2110. The number of ketones is 1. The van der Waals surface area contributed by atoms with Gasteiger partial charge < -0.3 is 39.2 Å². The number of rotatable bonds is 12. The van der Waals surface area contributed by atoms with Gasteiger partial charge >= 0.3 is 5.97 Å². The van der Waals surface area contributed by atoms with Gasteiger partial charge in [-0.15, -0.1) is 17.0 Å². The van der Waals surface area contributed by atoms with Crippen molar-refractivity contribution >= 4 is 40.6 Å². The Hall–Kier alpha value is -6.03. The van der Waals surface area contributed by atoms with Crippen molar-refractivity contribution in [1.29, 1.82) is 5.41 Å². The smallest absolute Gasteiger partial charge is 0.313 e. The highest BCUT2D eigenvalue weighted by Gasteiger charge is 2.16. The van der Waals surface area contributed by atoms with Crippen molar-refractivity contribution < 1.29 is 33.3 Å². The highest BCUT2D eigenvalue weighted by molar-refractivity contribution is 8.93. The summed E-state index contributed by atoms with van der Waals surface area (Å²) in [6, 6.07) is 35.8. The van der Waals surface area contributed by atoms with Crippen molar-refractivity contribution in [2.24, 2.45) is 5.73 Å². The Labute approximate surface area is 354 Å². The number of Topliss-reactive ketones (excluding diaryl/α,β-unsaturated/α-hetero) is 1. The number of esters is 1. The number of aromatic amines is 1. The van der Waals surface area contributed by atoms with E-state index in [1.165, 1.54) is 6.07 Å². The maximum Gasteiger partial charge on any atom is 0.313 e. The molecule has 2 fully saturated rings. The van der Waals surface area contributed by atoms with E-state index in [9.17, 15) is 14.4 Å². The molecule has 2 aliphatic rings. The van der Waals surface area contributed by atoms with Gasteiger partial charge in [-0.1, -0.05) is 84.9 Å². The standard InChI is InChI=1S/C21H21N3O3.C18H18O4.C5H11N3O.BrH/c25-20-14-19(22-21(23-20)24-9-11-26-12-10-24)17-7-4-8-18(13-17)27-15-16-5-2-1-3-6-16;1-2-21-18(20)12-17(19)15-9-6-10-16(11-15)22-13-14-7-4-3-5-8-14;6-5(7)8-1-3-9-4-2-8;/h1-8,13-14H,9-12,15H2,(H,22,23,25);3-11H,2,12-13H2,1H3;1-4H2,(H3,6,7);1H. The molecule has 7 rings (SSSR count). The molecule has 4 N–H and O–H groups in total.